The van der Waals surface area contributed by atoms with E-state index in [1.807, 2.05) is 100 Å². The van der Waals surface area contributed by atoms with E-state index in [4.69, 9.17) is 0 Å². The van der Waals surface area contributed by atoms with Crippen molar-refractivity contribution in [3.63, 3.8) is 0 Å². The average Bonchev–Trinajstić information content (AvgIpc) is 2.78. The number of carbonyl (C=O) groups excluding carboxylic acids is 2. The predicted molar refractivity (Wildman–Crippen MR) is 134 cm³/mol. The Labute approximate surface area is 197 Å². The van der Waals surface area contributed by atoms with Crippen LogP contribution in [-0.2, 0) is 29.0 Å². The van der Waals surface area contributed by atoms with Gasteiger partial charge in [0.2, 0.25) is 11.8 Å². The van der Waals surface area contributed by atoms with Crippen LogP contribution in [0.4, 0.5) is 0 Å². The van der Waals surface area contributed by atoms with E-state index in [1.165, 1.54) is 0 Å². The van der Waals surface area contributed by atoms with Gasteiger partial charge in [-0.3, -0.25) is 9.59 Å². The highest BCUT2D eigenvalue weighted by Gasteiger charge is 2.30. The first-order valence-electron chi connectivity index (χ1n) is 11.6. The lowest BCUT2D eigenvalue weighted by Crippen LogP contribution is -2.52. The van der Waals surface area contributed by atoms with Crippen molar-refractivity contribution in [2.45, 2.75) is 59.2 Å². The highest BCUT2D eigenvalue weighted by atomic mass is 16.2. The van der Waals surface area contributed by atoms with Crippen molar-refractivity contribution in [3.8, 4) is 0 Å². The molecule has 0 aliphatic rings. The fraction of sp³-hybridized carbons (Fsp3) is 0.310. The summed E-state index contributed by atoms with van der Waals surface area (Å²) < 4.78 is 0. The Morgan fingerprint density at radius 3 is 2.09 bits per heavy atom. The molecule has 3 aromatic carbocycles. The topological polar surface area (TPSA) is 49.4 Å². The van der Waals surface area contributed by atoms with Crippen LogP contribution in [0.1, 0.15) is 41.7 Å². The van der Waals surface area contributed by atoms with Crippen LogP contribution >= 0.6 is 0 Å². The van der Waals surface area contributed by atoms with Gasteiger partial charge in [0.25, 0.3) is 0 Å². The minimum Gasteiger partial charge on any atom is -0.352 e. The summed E-state index contributed by atoms with van der Waals surface area (Å²) in [6.45, 7) is 8.33. The van der Waals surface area contributed by atoms with E-state index >= 15 is 0 Å². The molecule has 4 nitrogen and oxygen atoms in total. The summed E-state index contributed by atoms with van der Waals surface area (Å²) in [6.07, 6.45) is 0.719. The molecular formula is C29H34N2O2. The third-order valence-corrected chi connectivity index (χ3v) is 5.61. The van der Waals surface area contributed by atoms with E-state index in [9.17, 15) is 9.59 Å². The van der Waals surface area contributed by atoms with Gasteiger partial charge in [0.15, 0.2) is 0 Å². The molecule has 1 atom stereocenters. The number of nitrogens with zero attached hydrogens (tertiary/aromatic N) is 1. The maximum absolute atomic E-state index is 13.7. The Morgan fingerprint density at radius 2 is 1.45 bits per heavy atom. The Morgan fingerprint density at radius 1 is 0.788 bits per heavy atom. The Kier molecular flexibility index (Phi) is 8.42. The monoisotopic (exact) mass is 442 g/mol. The van der Waals surface area contributed by atoms with Gasteiger partial charge in [0, 0.05) is 19.0 Å². The molecular weight excluding hydrogens is 408 g/mol. The van der Waals surface area contributed by atoms with Gasteiger partial charge in [-0.25, -0.2) is 0 Å². The van der Waals surface area contributed by atoms with E-state index in [-0.39, 0.29) is 24.3 Å². The second-order valence-electron chi connectivity index (χ2n) is 9.04. The molecule has 33 heavy (non-hydrogen) atoms. The van der Waals surface area contributed by atoms with Crippen LogP contribution in [0.3, 0.4) is 0 Å². The highest BCUT2D eigenvalue weighted by molar-refractivity contribution is 5.89. The van der Waals surface area contributed by atoms with Crippen LogP contribution in [-0.4, -0.2) is 28.8 Å². The molecule has 2 amide bonds. The number of nitrogens with one attached hydrogen (secondary N) is 1. The third-order valence-electron chi connectivity index (χ3n) is 5.61. The zero-order chi connectivity index (χ0) is 23.8. The molecule has 0 radical (unpaired) electrons. The summed E-state index contributed by atoms with van der Waals surface area (Å²) in [7, 11) is 0. The maximum atomic E-state index is 13.7. The number of rotatable bonds is 9. The SMILES string of the molecule is Cc1ccc(CC(=O)N(Cc2cccc(C)c2)C(Cc2ccccc2)C(=O)NC(C)C)cc1. The van der Waals surface area contributed by atoms with Gasteiger partial charge >= 0.3 is 0 Å². The Hall–Kier alpha value is -3.40. The molecule has 0 saturated carbocycles. The summed E-state index contributed by atoms with van der Waals surface area (Å²) in [4.78, 5) is 28.8. The van der Waals surface area contributed by atoms with E-state index in [1.54, 1.807) is 4.90 Å². The molecule has 0 bridgehead atoms. The summed E-state index contributed by atoms with van der Waals surface area (Å²) in [5, 5.41) is 3.03. The van der Waals surface area contributed by atoms with Crippen molar-refractivity contribution in [1.29, 1.82) is 0 Å². The molecule has 0 spiro atoms. The number of benzene rings is 3. The first kappa shape index (κ1) is 24.2. The van der Waals surface area contributed by atoms with Gasteiger partial charge in [-0.15, -0.1) is 0 Å². The minimum atomic E-state index is -0.603. The largest absolute Gasteiger partial charge is 0.352 e. The zero-order valence-corrected chi connectivity index (χ0v) is 20.0. The molecule has 0 aromatic heterocycles. The fourth-order valence-electron chi connectivity index (χ4n) is 3.92. The molecule has 0 aliphatic carbocycles. The highest BCUT2D eigenvalue weighted by Crippen LogP contribution is 2.18. The molecule has 172 valence electrons. The van der Waals surface area contributed by atoms with Crippen molar-refractivity contribution in [3.05, 3.63) is 107 Å². The summed E-state index contributed by atoms with van der Waals surface area (Å²) >= 11 is 0. The lowest BCUT2D eigenvalue weighted by Gasteiger charge is -2.32. The quantitative estimate of drug-likeness (QED) is 0.506. The lowest BCUT2D eigenvalue weighted by atomic mass is 10.0. The van der Waals surface area contributed by atoms with E-state index in [0.29, 0.717) is 13.0 Å². The van der Waals surface area contributed by atoms with E-state index in [0.717, 1.165) is 27.8 Å². The fourth-order valence-corrected chi connectivity index (χ4v) is 3.92. The third kappa shape index (κ3) is 7.31. The molecule has 0 heterocycles. The number of hydrogen-bond acceptors (Lipinski definition) is 2. The van der Waals surface area contributed by atoms with Gasteiger partial charge < -0.3 is 10.2 Å². The first-order chi connectivity index (χ1) is 15.8. The van der Waals surface area contributed by atoms with E-state index in [2.05, 4.69) is 11.4 Å². The van der Waals surface area contributed by atoms with Gasteiger partial charge in [-0.1, -0.05) is 90.0 Å². The first-order valence-corrected chi connectivity index (χ1v) is 11.6. The van der Waals surface area contributed by atoms with Crippen LogP contribution < -0.4 is 5.32 Å². The number of hydrogen-bond donors (Lipinski definition) is 1. The molecule has 0 aliphatic heterocycles. The Bertz CT molecular complexity index is 1060. The van der Waals surface area contributed by atoms with Crippen molar-refractivity contribution >= 4 is 11.8 Å². The standard InChI is InChI=1S/C29H34N2O2/c1-21(2)30-29(33)27(18-24-10-6-5-7-11-24)31(20-26-12-8-9-23(4)17-26)28(32)19-25-15-13-22(3)14-16-25/h5-17,21,27H,18-20H2,1-4H3,(H,30,33). The van der Waals surface area contributed by atoms with Gasteiger partial charge in [-0.2, -0.15) is 0 Å². The van der Waals surface area contributed by atoms with Crippen molar-refractivity contribution in [1.82, 2.24) is 10.2 Å². The zero-order valence-electron chi connectivity index (χ0n) is 20.0. The molecule has 4 heteroatoms. The second-order valence-corrected chi connectivity index (χ2v) is 9.04. The summed E-state index contributed by atoms with van der Waals surface area (Å²) in [5.74, 6) is -0.182. The summed E-state index contributed by atoms with van der Waals surface area (Å²) in [5.41, 5.74) is 5.27. The number of carbonyl (C=O) groups is 2. The average molecular weight is 443 g/mol. The van der Waals surface area contributed by atoms with Crippen molar-refractivity contribution in [2.24, 2.45) is 0 Å². The van der Waals surface area contributed by atoms with E-state index < -0.39 is 6.04 Å². The smallest absolute Gasteiger partial charge is 0.243 e. The van der Waals surface area contributed by atoms with Crippen LogP contribution in [0.15, 0.2) is 78.9 Å². The molecule has 3 rings (SSSR count). The van der Waals surface area contributed by atoms with Gasteiger partial charge in [-0.05, 0) is 44.4 Å². The minimum absolute atomic E-state index is 0.0104. The van der Waals surface area contributed by atoms with Crippen LogP contribution in [0, 0.1) is 13.8 Å². The van der Waals surface area contributed by atoms with Gasteiger partial charge in [0.05, 0.1) is 6.42 Å². The predicted octanol–water partition coefficient (Wildman–Crippen LogP) is 5.01. The number of amides is 2. The molecule has 0 saturated heterocycles. The molecule has 1 unspecified atom stereocenters. The van der Waals surface area contributed by atoms with Gasteiger partial charge in [0.1, 0.15) is 6.04 Å². The number of aryl methyl sites for hydroxylation is 2. The van der Waals surface area contributed by atoms with Crippen molar-refractivity contribution < 1.29 is 9.59 Å². The van der Waals surface area contributed by atoms with Crippen LogP contribution in [0.5, 0.6) is 0 Å². The second kappa shape index (κ2) is 11.5. The normalized spacial score (nSPS) is 11.8. The van der Waals surface area contributed by atoms with Crippen molar-refractivity contribution in [2.75, 3.05) is 0 Å². The van der Waals surface area contributed by atoms with Crippen LogP contribution in [0.25, 0.3) is 0 Å². The Balaban J connectivity index is 1.96. The summed E-state index contributed by atoms with van der Waals surface area (Å²) in [6, 6.07) is 25.4. The molecule has 0 fully saturated rings. The van der Waals surface area contributed by atoms with Crippen LogP contribution in [0.2, 0.25) is 0 Å². The lowest BCUT2D eigenvalue weighted by molar-refractivity contribution is -0.141. The molecule has 1 N–H and O–H groups in total. The molecule has 3 aromatic rings. The maximum Gasteiger partial charge on any atom is 0.243 e.